The summed E-state index contributed by atoms with van der Waals surface area (Å²) in [6, 6.07) is 14.1. The van der Waals surface area contributed by atoms with E-state index in [0.717, 1.165) is 14.7 Å². The van der Waals surface area contributed by atoms with Gasteiger partial charge in [0.1, 0.15) is 48.3 Å². The average molecular weight is 806 g/mol. The summed E-state index contributed by atoms with van der Waals surface area (Å²) in [5.74, 6) is -2.03. The van der Waals surface area contributed by atoms with E-state index in [0.29, 0.717) is 0 Å². The zero-order valence-electron chi connectivity index (χ0n) is 28.6. The standard InChI is InChI=1S/C36H44IN3O10/c1-35(2,3)49-27(42)15-14-24(19-41)38-32(43)25(16-21-8-6-5-7-9-21)39(4)34(45)36-17-26-28-29(47-20-46-28)31(36)50-40(30(36)33(44)48-26)18-22-10-12-23(37)13-11-22/h5-13,24-26,28-31,41H,14-20H2,1-4H3,(H,38,43)/t24-,25+,26+,28-,29-,30-,31+,36-/m0/s1. The van der Waals surface area contributed by atoms with E-state index in [1.54, 1.807) is 27.8 Å². The molecule has 1 aliphatic carbocycles. The fourth-order valence-corrected chi connectivity index (χ4v) is 7.85. The first-order chi connectivity index (χ1) is 23.8. The Morgan fingerprint density at radius 3 is 2.46 bits per heavy atom. The van der Waals surface area contributed by atoms with Crippen molar-refractivity contribution in [3.8, 4) is 0 Å². The summed E-state index contributed by atoms with van der Waals surface area (Å²) in [6.45, 7) is 5.05. The third kappa shape index (κ3) is 7.41. The Kier molecular flexibility index (Phi) is 10.9. The summed E-state index contributed by atoms with van der Waals surface area (Å²) >= 11 is 2.22. The first-order valence-electron chi connectivity index (χ1n) is 16.9. The number of nitrogens with one attached hydrogen (secondary N) is 1. The molecule has 4 fully saturated rings. The van der Waals surface area contributed by atoms with Gasteiger partial charge in [-0.3, -0.25) is 24.0 Å². The Hall–Kier alpha value is -3.15. The van der Waals surface area contributed by atoms with Gasteiger partial charge < -0.3 is 34.3 Å². The van der Waals surface area contributed by atoms with Gasteiger partial charge in [0.05, 0.1) is 19.2 Å². The number of nitrogens with zero attached hydrogens (tertiary/aromatic N) is 2. The number of aliphatic hydroxyl groups excluding tert-OH is 1. The van der Waals surface area contributed by atoms with Crippen LogP contribution in [0.1, 0.15) is 51.2 Å². The summed E-state index contributed by atoms with van der Waals surface area (Å²) in [6.07, 6.45) is -2.52. The number of carbonyl (C=O) groups excluding carboxylic acids is 4. The van der Waals surface area contributed by atoms with Gasteiger partial charge in [-0.15, -0.1) is 0 Å². The third-order valence-corrected chi connectivity index (χ3v) is 10.5. The van der Waals surface area contributed by atoms with Gasteiger partial charge in [0, 0.05) is 29.9 Å². The van der Waals surface area contributed by atoms with E-state index in [9.17, 15) is 19.5 Å². The molecule has 3 aliphatic heterocycles. The topological polar surface area (TPSA) is 153 Å². The molecular weight excluding hydrogens is 761 g/mol. The Bertz CT molecular complexity index is 1570. The summed E-state index contributed by atoms with van der Waals surface area (Å²) in [5.41, 5.74) is -0.445. The molecule has 2 aromatic carbocycles. The summed E-state index contributed by atoms with van der Waals surface area (Å²) < 4.78 is 24.2. The highest BCUT2D eigenvalue weighted by molar-refractivity contribution is 14.1. The van der Waals surface area contributed by atoms with Crippen molar-refractivity contribution in [3.63, 3.8) is 0 Å². The van der Waals surface area contributed by atoms with Crippen LogP contribution < -0.4 is 5.32 Å². The molecule has 0 aromatic heterocycles. The molecule has 2 N–H and O–H groups in total. The smallest absolute Gasteiger partial charge is 0.327 e. The van der Waals surface area contributed by atoms with Crippen molar-refractivity contribution < 1.29 is 48.1 Å². The van der Waals surface area contributed by atoms with Crippen LogP contribution in [-0.2, 0) is 55.9 Å². The van der Waals surface area contributed by atoms with Crippen molar-refractivity contribution in [1.82, 2.24) is 15.3 Å². The number of rotatable bonds is 12. The second kappa shape index (κ2) is 14.8. The molecule has 8 atom stereocenters. The molecule has 6 rings (SSSR count). The molecule has 1 saturated carbocycles. The summed E-state index contributed by atoms with van der Waals surface area (Å²) in [5, 5.41) is 14.5. The molecule has 50 heavy (non-hydrogen) atoms. The molecule has 14 heteroatoms. The molecule has 2 aromatic rings. The molecule has 0 unspecified atom stereocenters. The summed E-state index contributed by atoms with van der Waals surface area (Å²) in [4.78, 5) is 63.4. The SMILES string of the molecule is CN(C(=O)[C@@]12C[C@H]3OC(=O)[C@@H]1N(Cc1ccc(I)cc1)O[C@@H]2[C@H]1OCO[C@H]13)[C@H](Cc1ccccc1)C(=O)N[C@H](CO)CCC(=O)OC(C)(C)C. The Morgan fingerprint density at radius 1 is 1.08 bits per heavy atom. The van der Waals surface area contributed by atoms with E-state index in [1.165, 1.54) is 9.96 Å². The lowest BCUT2D eigenvalue weighted by molar-refractivity contribution is -0.204. The lowest BCUT2D eigenvalue weighted by atomic mass is 9.62. The van der Waals surface area contributed by atoms with E-state index in [2.05, 4.69) is 27.9 Å². The van der Waals surface area contributed by atoms with Gasteiger partial charge in [-0.1, -0.05) is 42.5 Å². The Morgan fingerprint density at radius 2 is 1.78 bits per heavy atom. The van der Waals surface area contributed by atoms with Crippen LogP contribution in [0.15, 0.2) is 54.6 Å². The predicted molar refractivity (Wildman–Crippen MR) is 186 cm³/mol. The normalized spacial score (nSPS) is 28.3. The largest absolute Gasteiger partial charge is 0.460 e. The van der Waals surface area contributed by atoms with Crippen LogP contribution in [0, 0.1) is 8.99 Å². The van der Waals surface area contributed by atoms with Crippen LogP contribution in [0.4, 0.5) is 0 Å². The van der Waals surface area contributed by atoms with Gasteiger partial charge in [0.2, 0.25) is 11.8 Å². The van der Waals surface area contributed by atoms with E-state index in [4.69, 9.17) is 23.8 Å². The molecule has 2 bridgehead atoms. The van der Waals surface area contributed by atoms with Crippen LogP contribution in [0.3, 0.4) is 0 Å². The first-order valence-corrected chi connectivity index (χ1v) is 17.9. The van der Waals surface area contributed by atoms with Crippen molar-refractivity contribution in [2.45, 2.75) is 101 Å². The maximum atomic E-state index is 15.1. The molecule has 270 valence electrons. The second-order valence-corrected chi connectivity index (χ2v) is 15.6. The number of aliphatic hydroxyl groups is 1. The highest BCUT2D eigenvalue weighted by Crippen LogP contribution is 2.56. The Labute approximate surface area is 305 Å². The molecule has 13 nitrogen and oxygen atoms in total. The highest BCUT2D eigenvalue weighted by Gasteiger charge is 2.75. The predicted octanol–water partition coefficient (Wildman–Crippen LogP) is 2.50. The number of likely N-dealkylation sites (N-methyl/N-ethyl adjacent to an activating group) is 1. The number of carbonyl (C=O) groups is 4. The van der Waals surface area contributed by atoms with Gasteiger partial charge >= 0.3 is 11.9 Å². The van der Waals surface area contributed by atoms with Crippen LogP contribution in [-0.4, -0.2) is 107 Å². The number of hydroxylamine groups is 2. The van der Waals surface area contributed by atoms with E-state index >= 15 is 4.79 Å². The molecule has 0 spiro atoms. The molecule has 3 saturated heterocycles. The van der Waals surface area contributed by atoms with Gasteiger partial charge in [-0.2, -0.15) is 5.06 Å². The molecule has 2 amide bonds. The minimum absolute atomic E-state index is 0.0186. The van der Waals surface area contributed by atoms with Gasteiger partial charge in [0.25, 0.3) is 0 Å². The number of hydrogen-bond donors (Lipinski definition) is 2. The van der Waals surface area contributed by atoms with Crippen molar-refractivity contribution in [3.05, 3.63) is 69.3 Å². The highest BCUT2D eigenvalue weighted by atomic mass is 127. The van der Waals surface area contributed by atoms with Crippen LogP contribution in [0.2, 0.25) is 0 Å². The van der Waals surface area contributed by atoms with E-state index in [1.807, 2.05) is 54.6 Å². The number of fused-ring (bicyclic) bond motifs is 4. The number of esters is 2. The van der Waals surface area contributed by atoms with Crippen LogP contribution >= 0.6 is 22.6 Å². The van der Waals surface area contributed by atoms with Crippen molar-refractivity contribution in [1.29, 1.82) is 0 Å². The van der Waals surface area contributed by atoms with Crippen molar-refractivity contribution in [2.24, 2.45) is 5.41 Å². The summed E-state index contributed by atoms with van der Waals surface area (Å²) in [7, 11) is 1.55. The Balaban J connectivity index is 1.30. The van der Waals surface area contributed by atoms with Crippen LogP contribution in [0.5, 0.6) is 0 Å². The fraction of sp³-hybridized carbons (Fsp3) is 0.556. The van der Waals surface area contributed by atoms with Gasteiger partial charge in [-0.05, 0) is 73.0 Å². The minimum Gasteiger partial charge on any atom is -0.460 e. The molecule has 4 aliphatic rings. The van der Waals surface area contributed by atoms with E-state index < -0.39 is 83.9 Å². The first kappa shape index (κ1) is 36.6. The number of benzene rings is 2. The molecule has 3 heterocycles. The average Bonchev–Trinajstić information content (AvgIpc) is 3.70. The monoisotopic (exact) mass is 805 g/mol. The number of ether oxygens (including phenoxy) is 4. The molecule has 0 radical (unpaired) electrons. The lowest BCUT2D eigenvalue weighted by Crippen LogP contribution is -2.70. The lowest BCUT2D eigenvalue weighted by Gasteiger charge is -2.50. The second-order valence-electron chi connectivity index (χ2n) is 14.4. The van der Waals surface area contributed by atoms with Gasteiger partial charge in [-0.25, -0.2) is 0 Å². The maximum absolute atomic E-state index is 15.1. The van der Waals surface area contributed by atoms with E-state index in [-0.39, 0.29) is 39.0 Å². The van der Waals surface area contributed by atoms with Crippen molar-refractivity contribution in [2.75, 3.05) is 20.4 Å². The number of hydrogen-bond acceptors (Lipinski definition) is 11. The van der Waals surface area contributed by atoms with Crippen LogP contribution in [0.25, 0.3) is 0 Å². The number of amides is 2. The quantitative estimate of drug-likeness (QED) is 0.241. The van der Waals surface area contributed by atoms with Crippen molar-refractivity contribution >= 4 is 46.3 Å². The molecular formula is C36H44IN3O10. The zero-order chi connectivity index (χ0) is 35.8. The van der Waals surface area contributed by atoms with Gasteiger partial charge in [0.15, 0.2) is 6.04 Å². The number of halogens is 1. The third-order valence-electron chi connectivity index (χ3n) is 9.77. The maximum Gasteiger partial charge on any atom is 0.327 e. The zero-order valence-corrected chi connectivity index (χ0v) is 30.7. The fourth-order valence-electron chi connectivity index (χ4n) is 7.49. The minimum atomic E-state index is -1.45.